The molecule has 1 N–H and O–H groups in total. The molecule has 0 spiro atoms. The number of ether oxygens (including phenoxy) is 1. The number of amides is 3. The third-order valence-corrected chi connectivity index (χ3v) is 4.23. The number of hydrogen-bond donors (Lipinski definition) is 1. The molecule has 26 heavy (non-hydrogen) atoms. The van der Waals surface area contributed by atoms with Gasteiger partial charge in [0.05, 0.1) is 5.69 Å². The van der Waals surface area contributed by atoms with E-state index in [1.54, 1.807) is 60.1 Å². The molecule has 8 nitrogen and oxygen atoms in total. The number of nitrogens with zero attached hydrogens (tertiary/aromatic N) is 3. The maximum absolute atomic E-state index is 13.0. The number of rotatable bonds is 2. The highest BCUT2D eigenvalue weighted by Crippen LogP contribution is 2.33. The predicted molar refractivity (Wildman–Crippen MR) is 96.8 cm³/mol. The van der Waals surface area contributed by atoms with E-state index in [0.29, 0.717) is 17.0 Å². The van der Waals surface area contributed by atoms with Crippen molar-refractivity contribution in [1.29, 1.82) is 0 Å². The molecular formula is C18H25N3O5. The van der Waals surface area contributed by atoms with Gasteiger partial charge in [-0.25, -0.2) is 4.79 Å². The fourth-order valence-corrected chi connectivity index (χ4v) is 2.95. The fourth-order valence-electron chi connectivity index (χ4n) is 2.95. The van der Waals surface area contributed by atoms with Crippen LogP contribution in [0.25, 0.3) is 0 Å². The van der Waals surface area contributed by atoms with Crippen LogP contribution in [0.4, 0.5) is 10.5 Å². The molecule has 0 radical (unpaired) electrons. The molecule has 1 unspecified atom stereocenters. The van der Waals surface area contributed by atoms with E-state index < -0.39 is 23.6 Å². The maximum atomic E-state index is 13.0. The number of anilines is 1. The molecule has 142 valence electrons. The Labute approximate surface area is 152 Å². The van der Waals surface area contributed by atoms with Crippen LogP contribution >= 0.6 is 0 Å². The number of carboxylic acid groups (broad SMARTS) is 1. The minimum Gasteiger partial charge on any atom is -0.489 e. The molecule has 1 atom stereocenters. The van der Waals surface area contributed by atoms with Gasteiger partial charge in [0.1, 0.15) is 18.4 Å². The number of hydrogen-bond acceptors (Lipinski definition) is 4. The van der Waals surface area contributed by atoms with Crippen LogP contribution in [-0.4, -0.2) is 72.1 Å². The number of likely N-dealkylation sites (N-methyl/N-ethyl adjacent to an activating group) is 1. The van der Waals surface area contributed by atoms with Crippen molar-refractivity contribution in [2.75, 3.05) is 32.6 Å². The zero-order chi connectivity index (χ0) is 19.8. The van der Waals surface area contributed by atoms with Gasteiger partial charge >= 0.3 is 6.09 Å². The topological polar surface area (TPSA) is 90.4 Å². The molecule has 0 aromatic heterocycles. The average molecular weight is 363 g/mol. The van der Waals surface area contributed by atoms with E-state index >= 15 is 0 Å². The maximum Gasteiger partial charge on any atom is 0.408 e. The van der Waals surface area contributed by atoms with Crippen LogP contribution in [0.3, 0.4) is 0 Å². The Balaban J connectivity index is 2.44. The molecule has 0 aliphatic carbocycles. The second-order valence-electron chi connectivity index (χ2n) is 7.43. The van der Waals surface area contributed by atoms with Gasteiger partial charge in [-0.3, -0.25) is 14.5 Å². The largest absolute Gasteiger partial charge is 0.489 e. The van der Waals surface area contributed by atoms with Gasteiger partial charge in [-0.05, 0) is 39.0 Å². The SMILES string of the molecule is CN(C)C(=O)c1ccc2c(c1)N(C)C(=O)C(N(C(=O)O)C(C)(C)C)CO2. The zero-order valence-corrected chi connectivity index (χ0v) is 15.9. The summed E-state index contributed by atoms with van der Waals surface area (Å²) >= 11 is 0. The minimum absolute atomic E-state index is 0.0965. The van der Waals surface area contributed by atoms with Gasteiger partial charge in [0.15, 0.2) is 0 Å². The van der Waals surface area contributed by atoms with E-state index in [0.717, 1.165) is 4.90 Å². The quantitative estimate of drug-likeness (QED) is 0.867. The summed E-state index contributed by atoms with van der Waals surface area (Å²) in [6, 6.07) is 3.84. The van der Waals surface area contributed by atoms with Gasteiger partial charge < -0.3 is 19.6 Å². The fraction of sp³-hybridized carbons (Fsp3) is 0.500. The van der Waals surface area contributed by atoms with Crippen molar-refractivity contribution < 1.29 is 24.2 Å². The van der Waals surface area contributed by atoms with E-state index in [9.17, 15) is 19.5 Å². The summed E-state index contributed by atoms with van der Waals surface area (Å²) in [6.07, 6.45) is -1.19. The van der Waals surface area contributed by atoms with E-state index in [4.69, 9.17) is 4.74 Å². The lowest BCUT2D eigenvalue weighted by Crippen LogP contribution is -2.58. The summed E-state index contributed by atoms with van der Waals surface area (Å²) in [5, 5.41) is 9.60. The molecule has 2 rings (SSSR count). The van der Waals surface area contributed by atoms with E-state index in [1.165, 1.54) is 9.80 Å². The molecule has 8 heteroatoms. The van der Waals surface area contributed by atoms with Crippen molar-refractivity contribution in [2.45, 2.75) is 32.4 Å². The van der Waals surface area contributed by atoms with Crippen molar-refractivity contribution in [3.05, 3.63) is 23.8 Å². The van der Waals surface area contributed by atoms with Crippen LogP contribution in [-0.2, 0) is 4.79 Å². The normalized spacial score (nSPS) is 17.1. The van der Waals surface area contributed by atoms with Crippen molar-refractivity contribution in [1.82, 2.24) is 9.80 Å². The first kappa shape index (κ1) is 19.6. The highest BCUT2D eigenvalue weighted by molar-refractivity contribution is 6.02. The van der Waals surface area contributed by atoms with Crippen molar-refractivity contribution in [2.24, 2.45) is 0 Å². The molecular weight excluding hydrogens is 338 g/mol. The Hall–Kier alpha value is -2.77. The van der Waals surface area contributed by atoms with E-state index in [2.05, 4.69) is 0 Å². The first-order valence-electron chi connectivity index (χ1n) is 8.23. The Morgan fingerprint density at radius 2 is 1.88 bits per heavy atom. The van der Waals surface area contributed by atoms with Gasteiger partial charge in [0.25, 0.3) is 11.8 Å². The summed E-state index contributed by atoms with van der Waals surface area (Å²) < 4.78 is 5.73. The van der Waals surface area contributed by atoms with Gasteiger partial charge in [-0.15, -0.1) is 0 Å². The third-order valence-electron chi connectivity index (χ3n) is 4.23. The standard InChI is InChI=1S/C18H25N3O5/c1-18(2,3)21(17(24)25)13-10-26-14-8-7-11(15(22)19(4)5)9-12(14)20(6)16(13)23/h7-9,13H,10H2,1-6H3,(H,24,25). The molecule has 0 fully saturated rings. The molecule has 3 amide bonds. The molecule has 0 saturated carbocycles. The summed E-state index contributed by atoms with van der Waals surface area (Å²) in [7, 11) is 4.84. The average Bonchev–Trinajstić information content (AvgIpc) is 2.64. The van der Waals surface area contributed by atoms with E-state index in [-0.39, 0.29) is 12.5 Å². The van der Waals surface area contributed by atoms with Crippen LogP contribution < -0.4 is 9.64 Å². The smallest absolute Gasteiger partial charge is 0.408 e. The van der Waals surface area contributed by atoms with Crippen LogP contribution in [0.2, 0.25) is 0 Å². The van der Waals surface area contributed by atoms with Gasteiger partial charge in [-0.1, -0.05) is 0 Å². The molecule has 1 heterocycles. The highest BCUT2D eigenvalue weighted by Gasteiger charge is 2.41. The Morgan fingerprint density at radius 3 is 2.38 bits per heavy atom. The molecule has 1 aliphatic rings. The number of carbonyl (C=O) groups is 3. The first-order valence-corrected chi connectivity index (χ1v) is 8.23. The lowest BCUT2D eigenvalue weighted by molar-refractivity contribution is -0.125. The summed E-state index contributed by atoms with van der Waals surface area (Å²) in [4.78, 5) is 40.8. The summed E-state index contributed by atoms with van der Waals surface area (Å²) in [5.74, 6) is -0.176. The second-order valence-corrected chi connectivity index (χ2v) is 7.43. The van der Waals surface area contributed by atoms with Crippen LogP contribution in [0, 0.1) is 0 Å². The van der Waals surface area contributed by atoms with Gasteiger partial charge in [-0.2, -0.15) is 0 Å². The van der Waals surface area contributed by atoms with Crippen LogP contribution in [0.5, 0.6) is 5.75 Å². The Kier molecular flexibility index (Phi) is 5.16. The molecule has 1 aliphatic heterocycles. The van der Waals surface area contributed by atoms with Crippen LogP contribution in [0.1, 0.15) is 31.1 Å². The Bertz CT molecular complexity index is 739. The predicted octanol–water partition coefficient (Wildman–Crippen LogP) is 1.89. The highest BCUT2D eigenvalue weighted by atomic mass is 16.5. The minimum atomic E-state index is -1.19. The number of fused-ring (bicyclic) bond motifs is 1. The molecule has 1 aromatic rings. The van der Waals surface area contributed by atoms with Crippen molar-refractivity contribution in [3.8, 4) is 5.75 Å². The second kappa shape index (κ2) is 6.86. The van der Waals surface area contributed by atoms with Crippen molar-refractivity contribution in [3.63, 3.8) is 0 Å². The first-order chi connectivity index (χ1) is 11.9. The van der Waals surface area contributed by atoms with Crippen molar-refractivity contribution >= 4 is 23.6 Å². The number of carbonyl (C=O) groups excluding carboxylic acids is 2. The Morgan fingerprint density at radius 1 is 1.27 bits per heavy atom. The number of benzene rings is 1. The van der Waals surface area contributed by atoms with Crippen LogP contribution in [0.15, 0.2) is 18.2 Å². The lowest BCUT2D eigenvalue weighted by atomic mass is 10.0. The molecule has 1 aromatic carbocycles. The molecule has 0 saturated heterocycles. The summed E-state index contributed by atoms with van der Waals surface area (Å²) in [5.41, 5.74) is 0.0738. The van der Waals surface area contributed by atoms with Gasteiger partial charge in [0, 0.05) is 32.2 Å². The van der Waals surface area contributed by atoms with Gasteiger partial charge in [0.2, 0.25) is 0 Å². The third kappa shape index (κ3) is 3.58. The zero-order valence-electron chi connectivity index (χ0n) is 15.9. The monoisotopic (exact) mass is 363 g/mol. The van der Waals surface area contributed by atoms with E-state index in [1.807, 2.05) is 0 Å². The lowest BCUT2D eigenvalue weighted by Gasteiger charge is -2.38. The summed E-state index contributed by atoms with van der Waals surface area (Å²) in [6.45, 7) is 5.07. The molecule has 0 bridgehead atoms.